The van der Waals surface area contributed by atoms with E-state index in [0.717, 1.165) is 17.9 Å². The van der Waals surface area contributed by atoms with Gasteiger partial charge in [-0.2, -0.15) is 0 Å². The van der Waals surface area contributed by atoms with E-state index in [4.69, 9.17) is 0 Å². The Bertz CT molecular complexity index is 506. The maximum atomic E-state index is 11.9. The summed E-state index contributed by atoms with van der Waals surface area (Å²) in [6, 6.07) is 16.9. The normalized spacial score (nSPS) is 9.83. The van der Waals surface area contributed by atoms with Crippen LogP contribution in [0.15, 0.2) is 54.6 Å². The Morgan fingerprint density at radius 1 is 0.944 bits per heavy atom. The van der Waals surface area contributed by atoms with E-state index >= 15 is 0 Å². The number of nitrogens with one attached hydrogen (secondary N) is 2. The molecular formula is C15H16N2O. The molecule has 0 aliphatic rings. The van der Waals surface area contributed by atoms with Gasteiger partial charge in [0.05, 0.1) is 0 Å². The van der Waals surface area contributed by atoms with Gasteiger partial charge in [0, 0.05) is 23.5 Å². The Kier molecular flexibility index (Phi) is 3.97. The number of benzene rings is 2. The molecule has 2 aromatic carbocycles. The van der Waals surface area contributed by atoms with Crippen molar-refractivity contribution < 1.29 is 4.79 Å². The van der Waals surface area contributed by atoms with Crippen molar-refractivity contribution in [2.45, 2.75) is 6.92 Å². The Labute approximate surface area is 107 Å². The zero-order valence-electron chi connectivity index (χ0n) is 10.3. The van der Waals surface area contributed by atoms with E-state index in [1.165, 1.54) is 0 Å². The largest absolute Gasteiger partial charge is 0.385 e. The lowest BCUT2D eigenvalue weighted by atomic mass is 10.2. The third-order valence-corrected chi connectivity index (χ3v) is 2.56. The van der Waals surface area contributed by atoms with Gasteiger partial charge < -0.3 is 10.6 Å². The van der Waals surface area contributed by atoms with Crippen molar-refractivity contribution in [3.63, 3.8) is 0 Å². The summed E-state index contributed by atoms with van der Waals surface area (Å²) in [6.07, 6.45) is 0. The third-order valence-electron chi connectivity index (χ3n) is 2.56. The van der Waals surface area contributed by atoms with E-state index in [9.17, 15) is 4.79 Å². The highest BCUT2D eigenvalue weighted by atomic mass is 16.1. The lowest BCUT2D eigenvalue weighted by Gasteiger charge is -2.07. The summed E-state index contributed by atoms with van der Waals surface area (Å²) in [5, 5.41) is 6.07. The Morgan fingerprint density at radius 3 is 2.17 bits per heavy atom. The number of hydrogen-bond acceptors (Lipinski definition) is 2. The molecule has 0 aromatic heterocycles. The molecule has 0 bridgehead atoms. The van der Waals surface area contributed by atoms with Gasteiger partial charge in [0.2, 0.25) is 0 Å². The quantitative estimate of drug-likeness (QED) is 0.860. The third kappa shape index (κ3) is 3.10. The maximum absolute atomic E-state index is 11.9. The molecule has 0 aliphatic carbocycles. The van der Waals surface area contributed by atoms with Crippen molar-refractivity contribution in [3.05, 3.63) is 60.2 Å². The highest BCUT2D eigenvalue weighted by Gasteiger charge is 2.04. The lowest BCUT2D eigenvalue weighted by Crippen LogP contribution is -2.11. The fourth-order valence-electron chi connectivity index (χ4n) is 1.67. The van der Waals surface area contributed by atoms with Crippen molar-refractivity contribution in [2.24, 2.45) is 0 Å². The molecule has 0 heterocycles. The summed E-state index contributed by atoms with van der Waals surface area (Å²) in [5.74, 6) is -0.0909. The van der Waals surface area contributed by atoms with Gasteiger partial charge in [-0.05, 0) is 43.3 Å². The van der Waals surface area contributed by atoms with E-state index < -0.39 is 0 Å². The molecule has 0 saturated heterocycles. The molecule has 1 amide bonds. The predicted octanol–water partition coefficient (Wildman–Crippen LogP) is 3.37. The first-order chi connectivity index (χ1) is 8.79. The average Bonchev–Trinajstić information content (AvgIpc) is 2.42. The highest BCUT2D eigenvalue weighted by Crippen LogP contribution is 2.14. The average molecular weight is 240 g/mol. The molecule has 0 atom stereocenters. The smallest absolute Gasteiger partial charge is 0.255 e. The summed E-state index contributed by atoms with van der Waals surface area (Å²) in [5.41, 5.74) is 2.51. The maximum Gasteiger partial charge on any atom is 0.255 e. The van der Waals surface area contributed by atoms with Crippen LogP contribution in [-0.4, -0.2) is 12.5 Å². The van der Waals surface area contributed by atoms with Crippen LogP contribution in [-0.2, 0) is 0 Å². The Hall–Kier alpha value is -2.29. The molecule has 2 aromatic rings. The summed E-state index contributed by atoms with van der Waals surface area (Å²) in [4.78, 5) is 11.9. The molecule has 0 aliphatic heterocycles. The summed E-state index contributed by atoms with van der Waals surface area (Å²) in [6.45, 7) is 2.93. The van der Waals surface area contributed by atoms with Crippen LogP contribution in [0.2, 0.25) is 0 Å². The lowest BCUT2D eigenvalue weighted by molar-refractivity contribution is 0.102. The summed E-state index contributed by atoms with van der Waals surface area (Å²) in [7, 11) is 0. The Morgan fingerprint density at radius 2 is 1.56 bits per heavy atom. The van der Waals surface area contributed by atoms with E-state index in [0.29, 0.717) is 5.56 Å². The molecule has 92 valence electrons. The minimum absolute atomic E-state index is 0.0909. The number of carbonyl (C=O) groups excluding carboxylic acids is 1. The molecule has 0 radical (unpaired) electrons. The van der Waals surface area contributed by atoms with Crippen LogP contribution in [0.3, 0.4) is 0 Å². The van der Waals surface area contributed by atoms with Crippen molar-refractivity contribution in [3.8, 4) is 0 Å². The van der Waals surface area contributed by atoms with Crippen molar-refractivity contribution in [1.29, 1.82) is 0 Å². The van der Waals surface area contributed by atoms with Crippen LogP contribution in [0.25, 0.3) is 0 Å². The number of rotatable bonds is 4. The molecule has 0 fully saturated rings. The number of anilines is 2. The van der Waals surface area contributed by atoms with Crippen molar-refractivity contribution >= 4 is 17.3 Å². The molecule has 0 spiro atoms. The zero-order chi connectivity index (χ0) is 12.8. The van der Waals surface area contributed by atoms with E-state index in [-0.39, 0.29) is 5.91 Å². The predicted molar refractivity (Wildman–Crippen MR) is 75.0 cm³/mol. The van der Waals surface area contributed by atoms with Gasteiger partial charge in [-0.25, -0.2) is 0 Å². The fourth-order valence-corrected chi connectivity index (χ4v) is 1.67. The highest BCUT2D eigenvalue weighted by molar-refractivity contribution is 6.04. The van der Waals surface area contributed by atoms with Gasteiger partial charge in [-0.1, -0.05) is 18.2 Å². The standard InChI is InChI=1S/C15H16N2O/c1-2-16-13-8-10-14(11-9-13)17-15(18)12-6-4-3-5-7-12/h3-11,16H,2H2,1H3,(H,17,18). The van der Waals surface area contributed by atoms with Gasteiger partial charge in [-0.15, -0.1) is 0 Å². The monoisotopic (exact) mass is 240 g/mol. The van der Waals surface area contributed by atoms with Crippen LogP contribution in [0.5, 0.6) is 0 Å². The second kappa shape index (κ2) is 5.87. The topological polar surface area (TPSA) is 41.1 Å². The van der Waals surface area contributed by atoms with Crippen LogP contribution in [0.4, 0.5) is 11.4 Å². The number of amides is 1. The number of carbonyl (C=O) groups is 1. The van der Waals surface area contributed by atoms with Crippen LogP contribution in [0.1, 0.15) is 17.3 Å². The minimum atomic E-state index is -0.0909. The zero-order valence-corrected chi connectivity index (χ0v) is 10.3. The summed E-state index contributed by atoms with van der Waals surface area (Å²) >= 11 is 0. The molecule has 0 saturated carbocycles. The fraction of sp³-hybridized carbons (Fsp3) is 0.133. The molecular weight excluding hydrogens is 224 g/mol. The second-order valence-electron chi connectivity index (χ2n) is 3.93. The molecule has 3 nitrogen and oxygen atoms in total. The van der Waals surface area contributed by atoms with Crippen LogP contribution < -0.4 is 10.6 Å². The van der Waals surface area contributed by atoms with Gasteiger partial charge in [0.1, 0.15) is 0 Å². The van der Waals surface area contributed by atoms with Crippen molar-refractivity contribution in [1.82, 2.24) is 0 Å². The first kappa shape index (κ1) is 12.2. The van der Waals surface area contributed by atoms with Gasteiger partial charge in [-0.3, -0.25) is 4.79 Å². The molecule has 3 heteroatoms. The SMILES string of the molecule is CCNc1ccc(NC(=O)c2ccccc2)cc1. The second-order valence-corrected chi connectivity index (χ2v) is 3.93. The van der Waals surface area contributed by atoms with E-state index in [1.807, 2.05) is 49.4 Å². The van der Waals surface area contributed by atoms with Gasteiger partial charge in [0.15, 0.2) is 0 Å². The first-order valence-electron chi connectivity index (χ1n) is 6.00. The van der Waals surface area contributed by atoms with Crippen molar-refractivity contribution in [2.75, 3.05) is 17.2 Å². The van der Waals surface area contributed by atoms with Crippen LogP contribution >= 0.6 is 0 Å². The molecule has 2 N–H and O–H groups in total. The van der Waals surface area contributed by atoms with Gasteiger partial charge in [0.25, 0.3) is 5.91 Å². The molecule has 2 rings (SSSR count). The number of hydrogen-bond donors (Lipinski definition) is 2. The van der Waals surface area contributed by atoms with E-state index in [1.54, 1.807) is 12.1 Å². The molecule has 18 heavy (non-hydrogen) atoms. The van der Waals surface area contributed by atoms with E-state index in [2.05, 4.69) is 10.6 Å². The minimum Gasteiger partial charge on any atom is -0.385 e. The van der Waals surface area contributed by atoms with Gasteiger partial charge >= 0.3 is 0 Å². The first-order valence-corrected chi connectivity index (χ1v) is 6.00. The van der Waals surface area contributed by atoms with Crippen LogP contribution in [0, 0.1) is 0 Å². The summed E-state index contributed by atoms with van der Waals surface area (Å²) < 4.78 is 0. The molecule has 0 unspecified atom stereocenters. The Balaban J connectivity index is 2.03.